The van der Waals surface area contributed by atoms with Crippen LogP contribution in [0.1, 0.15) is 5.56 Å². The Morgan fingerprint density at radius 3 is 2.42 bits per heavy atom. The van der Waals surface area contributed by atoms with Gasteiger partial charge in [-0.2, -0.15) is 0 Å². The first-order valence-electron chi connectivity index (χ1n) is 8.07. The number of benzene rings is 3. The topological polar surface area (TPSA) is 29.5 Å². The molecule has 0 spiro atoms. The summed E-state index contributed by atoms with van der Waals surface area (Å²) in [6.45, 7) is 4.21. The summed E-state index contributed by atoms with van der Waals surface area (Å²) in [7, 11) is 0. The molecular weight excluding hydrogens is 362 g/mol. The van der Waals surface area contributed by atoms with Crippen LogP contribution in [0.25, 0.3) is 10.8 Å². The summed E-state index contributed by atoms with van der Waals surface area (Å²) in [4.78, 5) is 14.1. The number of fused-ring (bicyclic) bond motifs is 1. The minimum absolute atomic E-state index is 0.162. The first-order chi connectivity index (χ1) is 12.6. The van der Waals surface area contributed by atoms with Crippen molar-refractivity contribution in [1.29, 1.82) is 0 Å². The van der Waals surface area contributed by atoms with Gasteiger partial charge in [-0.05, 0) is 46.7 Å². The fourth-order valence-electron chi connectivity index (χ4n) is 2.81. The monoisotopic (exact) mass is 377 g/mol. The molecule has 128 valence electrons. The van der Waals surface area contributed by atoms with Crippen LogP contribution in [0.3, 0.4) is 0 Å². The lowest BCUT2D eigenvalue weighted by molar-refractivity contribution is -0.113. The molecule has 0 saturated carbocycles. The third kappa shape index (κ3) is 3.23. The van der Waals surface area contributed by atoms with E-state index in [1.54, 1.807) is 0 Å². The van der Waals surface area contributed by atoms with Gasteiger partial charge in [0.05, 0.1) is 10.6 Å². The van der Waals surface area contributed by atoms with Gasteiger partial charge in [-0.25, -0.2) is 0 Å². The number of nitrogens with zero attached hydrogens (tertiary/aromatic N) is 1. The molecule has 1 fully saturated rings. The maximum atomic E-state index is 12.1. The second-order valence-corrected chi connectivity index (χ2v) is 7.62. The third-order valence-corrected chi connectivity index (χ3v) is 5.36. The van der Waals surface area contributed by atoms with Gasteiger partial charge < -0.3 is 4.74 Å². The summed E-state index contributed by atoms with van der Waals surface area (Å²) in [5.74, 6) is 0.579. The smallest absolute Gasteiger partial charge is 0.270 e. The molecule has 0 radical (unpaired) electrons. The van der Waals surface area contributed by atoms with Crippen LogP contribution < -0.4 is 9.64 Å². The second kappa shape index (κ2) is 6.94. The Morgan fingerprint density at radius 1 is 1.00 bits per heavy atom. The molecule has 5 heteroatoms. The molecule has 0 unspecified atom stereocenters. The van der Waals surface area contributed by atoms with E-state index in [1.165, 1.54) is 27.4 Å². The lowest BCUT2D eigenvalue weighted by atomic mass is 10.1. The van der Waals surface area contributed by atoms with E-state index in [9.17, 15) is 4.79 Å². The van der Waals surface area contributed by atoms with E-state index < -0.39 is 0 Å². The summed E-state index contributed by atoms with van der Waals surface area (Å²) in [5.41, 5.74) is 1.83. The predicted molar refractivity (Wildman–Crippen MR) is 112 cm³/mol. The molecule has 0 atom stereocenters. The molecule has 0 aliphatic carbocycles. The van der Waals surface area contributed by atoms with Crippen molar-refractivity contribution in [3.05, 3.63) is 83.8 Å². The Hall–Kier alpha value is -2.63. The van der Waals surface area contributed by atoms with E-state index >= 15 is 0 Å². The standard InChI is InChI=1S/C21H15NO2S2/c1-14-20(23)22(21(25)26-14)18-8-10-19(11-9-18)24-13-15-6-7-16-4-2-3-5-17(16)12-15/h2-12H,1,13H2. The van der Waals surface area contributed by atoms with Gasteiger partial charge >= 0.3 is 0 Å². The molecule has 3 aromatic rings. The van der Waals surface area contributed by atoms with Crippen LogP contribution in [0.5, 0.6) is 5.75 Å². The summed E-state index contributed by atoms with van der Waals surface area (Å²) in [6, 6.07) is 21.9. The van der Waals surface area contributed by atoms with Gasteiger partial charge in [0.15, 0.2) is 4.32 Å². The maximum Gasteiger partial charge on any atom is 0.270 e. The van der Waals surface area contributed by atoms with Crippen LogP contribution in [0.4, 0.5) is 5.69 Å². The van der Waals surface area contributed by atoms with Crippen LogP contribution in [-0.2, 0) is 11.4 Å². The zero-order chi connectivity index (χ0) is 18.1. The number of carbonyl (C=O) groups is 1. The molecule has 3 nitrogen and oxygen atoms in total. The normalized spacial score (nSPS) is 14.3. The van der Waals surface area contributed by atoms with Crippen molar-refractivity contribution in [2.45, 2.75) is 6.61 Å². The van der Waals surface area contributed by atoms with Gasteiger partial charge in [0.2, 0.25) is 0 Å². The summed E-state index contributed by atoms with van der Waals surface area (Å²) < 4.78 is 6.38. The van der Waals surface area contributed by atoms with Crippen molar-refractivity contribution in [1.82, 2.24) is 0 Å². The minimum atomic E-state index is -0.162. The number of amides is 1. The van der Waals surface area contributed by atoms with E-state index in [-0.39, 0.29) is 5.91 Å². The number of ether oxygens (including phenoxy) is 1. The third-order valence-electron chi connectivity index (χ3n) is 4.15. The van der Waals surface area contributed by atoms with Crippen LogP contribution in [-0.4, -0.2) is 10.2 Å². The molecule has 3 aromatic carbocycles. The molecular formula is C21H15NO2S2. The Morgan fingerprint density at radius 2 is 1.73 bits per heavy atom. The first-order valence-corrected chi connectivity index (χ1v) is 9.30. The van der Waals surface area contributed by atoms with E-state index in [4.69, 9.17) is 17.0 Å². The number of thiocarbonyl (C=S) groups is 1. The highest BCUT2D eigenvalue weighted by Crippen LogP contribution is 2.34. The highest BCUT2D eigenvalue weighted by molar-refractivity contribution is 8.27. The van der Waals surface area contributed by atoms with Gasteiger partial charge in [0, 0.05) is 0 Å². The van der Waals surface area contributed by atoms with Crippen LogP contribution in [0.15, 0.2) is 78.2 Å². The quantitative estimate of drug-likeness (QED) is 0.456. The Bertz CT molecular complexity index is 1030. The average Bonchev–Trinajstić information content (AvgIpc) is 2.92. The summed E-state index contributed by atoms with van der Waals surface area (Å²) in [6.07, 6.45) is 0. The molecule has 0 bridgehead atoms. The lowest BCUT2D eigenvalue weighted by Gasteiger charge is -2.15. The van der Waals surface area contributed by atoms with Gasteiger partial charge in [-0.3, -0.25) is 9.69 Å². The van der Waals surface area contributed by atoms with E-state index in [2.05, 4.69) is 36.9 Å². The van der Waals surface area contributed by atoms with Gasteiger partial charge in [0.1, 0.15) is 12.4 Å². The first kappa shape index (κ1) is 16.8. The maximum absolute atomic E-state index is 12.1. The van der Waals surface area contributed by atoms with Crippen molar-refractivity contribution in [3.8, 4) is 5.75 Å². The average molecular weight is 377 g/mol. The molecule has 4 rings (SSSR count). The van der Waals surface area contributed by atoms with E-state index in [1.807, 2.05) is 36.4 Å². The Labute approximate surface area is 161 Å². The lowest BCUT2D eigenvalue weighted by Crippen LogP contribution is -2.27. The SMILES string of the molecule is C=C1SC(=S)N(c2ccc(OCc3ccc4ccccc4c3)cc2)C1=O. The van der Waals surface area contributed by atoms with Gasteiger partial charge in [0.25, 0.3) is 5.91 Å². The zero-order valence-electron chi connectivity index (χ0n) is 13.8. The van der Waals surface area contributed by atoms with Crippen molar-refractivity contribution in [2.24, 2.45) is 0 Å². The largest absolute Gasteiger partial charge is 0.489 e. The van der Waals surface area contributed by atoms with Crippen LogP contribution in [0, 0.1) is 0 Å². The number of rotatable bonds is 4. The molecule has 0 aromatic heterocycles. The van der Waals surface area contributed by atoms with Crippen LogP contribution >= 0.6 is 24.0 Å². The fraction of sp³-hybridized carbons (Fsp3) is 0.0476. The van der Waals surface area contributed by atoms with E-state index in [0.29, 0.717) is 15.8 Å². The van der Waals surface area contributed by atoms with Crippen LogP contribution in [0.2, 0.25) is 0 Å². The summed E-state index contributed by atoms with van der Waals surface area (Å²) in [5, 5.41) is 2.41. The molecule has 1 aliphatic rings. The number of carbonyl (C=O) groups excluding carboxylic acids is 1. The molecule has 1 heterocycles. The number of thioether (sulfide) groups is 1. The molecule has 1 saturated heterocycles. The van der Waals surface area contributed by atoms with Crippen molar-refractivity contribution in [2.75, 3.05) is 4.90 Å². The number of anilines is 1. The molecule has 1 amide bonds. The molecule has 1 aliphatic heterocycles. The summed E-state index contributed by atoms with van der Waals surface area (Å²) >= 11 is 6.47. The zero-order valence-corrected chi connectivity index (χ0v) is 15.5. The second-order valence-electron chi connectivity index (χ2n) is 5.90. The molecule has 0 N–H and O–H groups in total. The van der Waals surface area contributed by atoms with Crippen molar-refractivity contribution in [3.63, 3.8) is 0 Å². The fourth-order valence-corrected chi connectivity index (χ4v) is 3.97. The predicted octanol–water partition coefficient (Wildman–Crippen LogP) is 5.30. The Balaban J connectivity index is 1.46. The minimum Gasteiger partial charge on any atom is -0.489 e. The highest BCUT2D eigenvalue weighted by Gasteiger charge is 2.31. The van der Waals surface area contributed by atoms with Gasteiger partial charge in [-0.1, -0.05) is 67.0 Å². The van der Waals surface area contributed by atoms with Gasteiger partial charge in [-0.15, -0.1) is 0 Å². The van der Waals surface area contributed by atoms with Crippen molar-refractivity contribution < 1.29 is 9.53 Å². The number of hydrogen-bond donors (Lipinski definition) is 0. The molecule has 26 heavy (non-hydrogen) atoms. The van der Waals surface area contributed by atoms with Crippen molar-refractivity contribution >= 4 is 50.7 Å². The van der Waals surface area contributed by atoms with E-state index in [0.717, 1.165) is 17.0 Å². The Kier molecular flexibility index (Phi) is 4.49. The highest BCUT2D eigenvalue weighted by atomic mass is 32.2. The number of hydrogen-bond acceptors (Lipinski definition) is 4.